The highest BCUT2D eigenvalue weighted by atomic mass is 15.3. The standard InChI is InChI=1S/C12H23N3/c1-10-8-15(12(2,3)4)9-11(6-7-13)14(10)5/h10-11H,6,8-9H2,1-5H3. The molecule has 3 heteroatoms. The SMILES string of the molecule is CC1CN(C(C)(C)C)CC(CC#N)N1C. The molecular weight excluding hydrogens is 186 g/mol. The van der Waals surface area contributed by atoms with E-state index in [-0.39, 0.29) is 5.54 Å². The highest BCUT2D eigenvalue weighted by Crippen LogP contribution is 2.22. The second kappa shape index (κ2) is 4.51. The Morgan fingerprint density at radius 1 is 1.33 bits per heavy atom. The van der Waals surface area contributed by atoms with Crippen molar-refractivity contribution in [1.29, 1.82) is 5.26 Å². The number of nitriles is 1. The highest BCUT2D eigenvalue weighted by Gasteiger charge is 2.34. The maximum atomic E-state index is 8.82. The van der Waals surface area contributed by atoms with Crippen LogP contribution < -0.4 is 0 Å². The van der Waals surface area contributed by atoms with E-state index in [4.69, 9.17) is 5.26 Å². The van der Waals surface area contributed by atoms with Crippen LogP contribution >= 0.6 is 0 Å². The fourth-order valence-electron chi connectivity index (χ4n) is 2.13. The molecule has 0 aromatic heterocycles. The number of rotatable bonds is 1. The molecule has 15 heavy (non-hydrogen) atoms. The Balaban J connectivity index is 2.72. The molecule has 1 fully saturated rings. The summed E-state index contributed by atoms with van der Waals surface area (Å²) in [6, 6.07) is 3.22. The van der Waals surface area contributed by atoms with E-state index < -0.39 is 0 Å². The van der Waals surface area contributed by atoms with Crippen molar-refractivity contribution in [2.45, 2.75) is 51.7 Å². The maximum absolute atomic E-state index is 8.82. The van der Waals surface area contributed by atoms with Crippen LogP contribution in [0.25, 0.3) is 0 Å². The Labute approximate surface area is 93.7 Å². The van der Waals surface area contributed by atoms with Gasteiger partial charge in [0, 0.05) is 30.7 Å². The number of hydrogen-bond acceptors (Lipinski definition) is 3. The van der Waals surface area contributed by atoms with E-state index in [0.717, 1.165) is 13.1 Å². The summed E-state index contributed by atoms with van der Waals surface area (Å²) in [5.41, 5.74) is 0.212. The van der Waals surface area contributed by atoms with Crippen LogP contribution in [0.5, 0.6) is 0 Å². The molecule has 2 atom stereocenters. The van der Waals surface area contributed by atoms with Crippen LogP contribution in [-0.4, -0.2) is 47.6 Å². The molecule has 1 rings (SSSR count). The van der Waals surface area contributed by atoms with Gasteiger partial charge < -0.3 is 0 Å². The first-order valence-electron chi connectivity index (χ1n) is 5.70. The summed E-state index contributed by atoms with van der Waals surface area (Å²) < 4.78 is 0. The van der Waals surface area contributed by atoms with E-state index >= 15 is 0 Å². The van der Waals surface area contributed by atoms with E-state index in [1.807, 2.05) is 0 Å². The number of piperazine rings is 1. The second-order valence-electron chi connectivity index (χ2n) is 5.61. The zero-order valence-corrected chi connectivity index (χ0v) is 10.6. The lowest BCUT2D eigenvalue weighted by atomic mass is 9.98. The van der Waals surface area contributed by atoms with Gasteiger partial charge in [0.15, 0.2) is 0 Å². The van der Waals surface area contributed by atoms with Crippen molar-refractivity contribution < 1.29 is 0 Å². The maximum Gasteiger partial charge on any atom is 0.0638 e. The quantitative estimate of drug-likeness (QED) is 0.658. The largest absolute Gasteiger partial charge is 0.297 e. The topological polar surface area (TPSA) is 30.3 Å². The summed E-state index contributed by atoms with van der Waals surface area (Å²) in [6.45, 7) is 11.1. The van der Waals surface area contributed by atoms with Gasteiger partial charge in [0.1, 0.15) is 0 Å². The lowest BCUT2D eigenvalue weighted by molar-refractivity contribution is 0.00420. The molecule has 0 bridgehead atoms. The van der Waals surface area contributed by atoms with Crippen LogP contribution in [0, 0.1) is 11.3 Å². The Morgan fingerprint density at radius 3 is 2.40 bits per heavy atom. The molecule has 1 saturated heterocycles. The Kier molecular flexibility index (Phi) is 3.75. The van der Waals surface area contributed by atoms with Crippen LogP contribution in [0.2, 0.25) is 0 Å². The van der Waals surface area contributed by atoms with Gasteiger partial charge >= 0.3 is 0 Å². The lowest BCUT2D eigenvalue weighted by Crippen LogP contribution is -2.60. The summed E-state index contributed by atoms with van der Waals surface area (Å²) >= 11 is 0. The van der Waals surface area contributed by atoms with Gasteiger partial charge in [0.2, 0.25) is 0 Å². The van der Waals surface area contributed by atoms with Crippen LogP contribution in [0.3, 0.4) is 0 Å². The minimum atomic E-state index is 0.212. The second-order valence-corrected chi connectivity index (χ2v) is 5.61. The monoisotopic (exact) mass is 209 g/mol. The minimum absolute atomic E-state index is 0.212. The molecule has 0 amide bonds. The molecule has 86 valence electrons. The van der Waals surface area contributed by atoms with Gasteiger partial charge in [-0.05, 0) is 34.7 Å². The van der Waals surface area contributed by atoms with Gasteiger partial charge in [-0.3, -0.25) is 9.80 Å². The molecule has 1 aliphatic heterocycles. The Morgan fingerprint density at radius 2 is 1.93 bits per heavy atom. The van der Waals surface area contributed by atoms with Gasteiger partial charge in [0.05, 0.1) is 12.5 Å². The molecule has 1 heterocycles. The molecule has 0 aromatic carbocycles. The number of nitrogens with zero attached hydrogens (tertiary/aromatic N) is 3. The van der Waals surface area contributed by atoms with Gasteiger partial charge in [-0.15, -0.1) is 0 Å². The Bertz CT molecular complexity index is 249. The highest BCUT2D eigenvalue weighted by molar-refractivity contribution is 4.94. The average molecular weight is 209 g/mol. The van der Waals surface area contributed by atoms with Crippen molar-refractivity contribution in [2.24, 2.45) is 0 Å². The third kappa shape index (κ3) is 2.93. The van der Waals surface area contributed by atoms with Crippen molar-refractivity contribution in [2.75, 3.05) is 20.1 Å². The first-order chi connectivity index (χ1) is 6.86. The molecule has 2 unspecified atom stereocenters. The van der Waals surface area contributed by atoms with Gasteiger partial charge in [-0.25, -0.2) is 0 Å². The van der Waals surface area contributed by atoms with Gasteiger partial charge in [-0.1, -0.05) is 0 Å². The fourth-order valence-corrected chi connectivity index (χ4v) is 2.13. The fraction of sp³-hybridized carbons (Fsp3) is 0.917. The average Bonchev–Trinajstić information content (AvgIpc) is 2.11. The molecule has 0 radical (unpaired) electrons. The van der Waals surface area contributed by atoms with Crippen molar-refractivity contribution in [3.8, 4) is 6.07 Å². The van der Waals surface area contributed by atoms with E-state index in [1.54, 1.807) is 0 Å². The van der Waals surface area contributed by atoms with E-state index in [2.05, 4.69) is 50.6 Å². The Hall–Kier alpha value is -0.590. The van der Waals surface area contributed by atoms with Crippen molar-refractivity contribution in [3.05, 3.63) is 0 Å². The van der Waals surface area contributed by atoms with Gasteiger partial charge in [0.25, 0.3) is 0 Å². The predicted octanol–water partition coefficient (Wildman–Crippen LogP) is 1.70. The van der Waals surface area contributed by atoms with Crippen LogP contribution in [0.4, 0.5) is 0 Å². The van der Waals surface area contributed by atoms with Crippen LogP contribution in [0.1, 0.15) is 34.1 Å². The summed E-state index contributed by atoms with van der Waals surface area (Å²) in [4.78, 5) is 4.82. The smallest absolute Gasteiger partial charge is 0.0638 e. The normalized spacial score (nSPS) is 30.1. The van der Waals surface area contributed by atoms with Gasteiger partial charge in [-0.2, -0.15) is 5.26 Å². The zero-order valence-electron chi connectivity index (χ0n) is 10.6. The molecule has 1 aliphatic rings. The first kappa shape index (κ1) is 12.5. The minimum Gasteiger partial charge on any atom is -0.297 e. The molecule has 0 N–H and O–H groups in total. The summed E-state index contributed by atoms with van der Waals surface area (Å²) in [5, 5.41) is 8.82. The molecule has 3 nitrogen and oxygen atoms in total. The van der Waals surface area contributed by atoms with E-state index in [0.29, 0.717) is 18.5 Å². The summed E-state index contributed by atoms with van der Waals surface area (Å²) in [7, 11) is 2.13. The summed E-state index contributed by atoms with van der Waals surface area (Å²) in [5.74, 6) is 0. The predicted molar refractivity (Wildman–Crippen MR) is 62.6 cm³/mol. The van der Waals surface area contributed by atoms with Crippen LogP contribution in [0.15, 0.2) is 0 Å². The van der Waals surface area contributed by atoms with Crippen molar-refractivity contribution in [1.82, 2.24) is 9.80 Å². The van der Waals surface area contributed by atoms with Crippen molar-refractivity contribution >= 4 is 0 Å². The molecule has 0 aliphatic carbocycles. The third-order valence-electron chi connectivity index (χ3n) is 3.46. The first-order valence-corrected chi connectivity index (χ1v) is 5.70. The van der Waals surface area contributed by atoms with Crippen molar-refractivity contribution in [3.63, 3.8) is 0 Å². The molecule has 0 spiro atoms. The zero-order chi connectivity index (χ0) is 11.6. The molecular formula is C12H23N3. The third-order valence-corrected chi connectivity index (χ3v) is 3.46. The van der Waals surface area contributed by atoms with E-state index in [9.17, 15) is 0 Å². The van der Waals surface area contributed by atoms with E-state index in [1.165, 1.54) is 0 Å². The molecule has 0 saturated carbocycles. The molecule has 0 aromatic rings. The van der Waals surface area contributed by atoms with Crippen LogP contribution in [-0.2, 0) is 0 Å². The lowest BCUT2D eigenvalue weighted by Gasteiger charge is -2.48. The number of hydrogen-bond donors (Lipinski definition) is 0. The number of likely N-dealkylation sites (N-methyl/N-ethyl adjacent to an activating group) is 1. The summed E-state index contributed by atoms with van der Waals surface area (Å²) in [6.07, 6.45) is 0.632.